The summed E-state index contributed by atoms with van der Waals surface area (Å²) in [5, 5.41) is 8.29. The standard InChI is InChI=1S/C26H28N6/c1-2-4-19(5-3-1)8-12-28-20-6-7-23-22(16-20)26(10-14-27-15-11-26)17-32(23)25-21-9-13-29-24(21)30-18-31-25/h1-7,9,13,16,18,27-28H,8,10-12,14-15,17H2,(H,29,30,31). The first-order valence-corrected chi connectivity index (χ1v) is 11.5. The first-order chi connectivity index (χ1) is 15.8. The number of H-pyrrole nitrogens is 1. The minimum absolute atomic E-state index is 0.158. The first-order valence-electron chi connectivity index (χ1n) is 11.5. The summed E-state index contributed by atoms with van der Waals surface area (Å²) in [6, 6.07) is 19.6. The minimum atomic E-state index is 0.158. The van der Waals surface area contributed by atoms with E-state index in [9.17, 15) is 0 Å². The fourth-order valence-electron chi connectivity index (χ4n) is 5.37. The number of nitrogens with zero attached hydrogens (tertiary/aromatic N) is 3. The topological polar surface area (TPSA) is 68.9 Å². The average Bonchev–Trinajstić information content (AvgIpc) is 3.44. The van der Waals surface area contributed by atoms with Crippen molar-refractivity contribution in [3.05, 3.63) is 78.2 Å². The van der Waals surface area contributed by atoms with Gasteiger partial charge in [0.15, 0.2) is 0 Å². The van der Waals surface area contributed by atoms with E-state index in [0.29, 0.717) is 0 Å². The van der Waals surface area contributed by atoms with E-state index in [1.165, 1.54) is 22.5 Å². The summed E-state index contributed by atoms with van der Waals surface area (Å²) in [7, 11) is 0. The maximum Gasteiger partial charge on any atom is 0.145 e. The molecule has 0 bridgehead atoms. The molecule has 2 aliphatic rings. The zero-order valence-corrected chi connectivity index (χ0v) is 18.1. The van der Waals surface area contributed by atoms with Crippen LogP contribution < -0.4 is 15.5 Å². The summed E-state index contributed by atoms with van der Waals surface area (Å²) in [5.41, 5.74) is 6.34. The summed E-state index contributed by atoms with van der Waals surface area (Å²) in [4.78, 5) is 14.7. The van der Waals surface area contributed by atoms with Crippen LogP contribution in [0.5, 0.6) is 0 Å². The van der Waals surface area contributed by atoms with Crippen LogP contribution in [0.25, 0.3) is 11.0 Å². The lowest BCUT2D eigenvalue weighted by Gasteiger charge is -2.35. The van der Waals surface area contributed by atoms with Crippen LogP contribution in [-0.2, 0) is 11.8 Å². The maximum absolute atomic E-state index is 4.71. The van der Waals surface area contributed by atoms with Gasteiger partial charge in [0.05, 0.1) is 5.39 Å². The van der Waals surface area contributed by atoms with Crippen molar-refractivity contribution in [2.45, 2.75) is 24.7 Å². The fourth-order valence-corrected chi connectivity index (χ4v) is 5.37. The van der Waals surface area contributed by atoms with Gasteiger partial charge in [-0.2, -0.15) is 0 Å². The molecule has 0 amide bonds. The number of aromatic nitrogens is 3. The Kier molecular flexibility index (Phi) is 4.80. The van der Waals surface area contributed by atoms with Crippen LogP contribution in [0.3, 0.4) is 0 Å². The number of aromatic amines is 1. The van der Waals surface area contributed by atoms with E-state index in [0.717, 1.165) is 62.3 Å². The molecule has 32 heavy (non-hydrogen) atoms. The van der Waals surface area contributed by atoms with Crippen LogP contribution in [-0.4, -0.2) is 41.1 Å². The normalized spacial score (nSPS) is 17.1. The van der Waals surface area contributed by atoms with E-state index in [1.54, 1.807) is 6.33 Å². The van der Waals surface area contributed by atoms with Crippen molar-refractivity contribution in [1.29, 1.82) is 0 Å². The monoisotopic (exact) mass is 424 g/mol. The van der Waals surface area contributed by atoms with Crippen LogP contribution in [0.4, 0.5) is 17.2 Å². The predicted molar refractivity (Wildman–Crippen MR) is 130 cm³/mol. The highest BCUT2D eigenvalue weighted by molar-refractivity contribution is 5.91. The molecule has 6 heteroatoms. The molecule has 6 nitrogen and oxygen atoms in total. The highest BCUT2D eigenvalue weighted by Gasteiger charge is 2.44. The van der Waals surface area contributed by atoms with Gasteiger partial charge in [-0.1, -0.05) is 30.3 Å². The van der Waals surface area contributed by atoms with Gasteiger partial charge in [-0.05, 0) is 67.7 Å². The summed E-state index contributed by atoms with van der Waals surface area (Å²) in [6.45, 7) is 4.01. The van der Waals surface area contributed by atoms with Crippen molar-refractivity contribution in [3.8, 4) is 0 Å². The van der Waals surface area contributed by atoms with Crippen LogP contribution in [0.15, 0.2) is 67.1 Å². The number of hydrogen-bond acceptors (Lipinski definition) is 5. The Labute approximate surface area is 188 Å². The molecule has 2 aromatic carbocycles. The van der Waals surface area contributed by atoms with Gasteiger partial charge in [-0.3, -0.25) is 0 Å². The first kappa shape index (κ1) is 19.3. The Morgan fingerprint density at radius 2 is 1.88 bits per heavy atom. The lowest BCUT2D eigenvalue weighted by atomic mass is 9.74. The average molecular weight is 425 g/mol. The SMILES string of the molecule is c1ccc(CCNc2ccc3c(c2)C2(CCNCC2)CN3c2ncnc3[nH]ccc23)cc1. The van der Waals surface area contributed by atoms with Crippen molar-refractivity contribution in [2.24, 2.45) is 0 Å². The van der Waals surface area contributed by atoms with Crippen LogP contribution in [0.2, 0.25) is 0 Å². The molecular formula is C26H28N6. The molecule has 1 fully saturated rings. The molecule has 0 unspecified atom stereocenters. The zero-order valence-electron chi connectivity index (χ0n) is 18.1. The highest BCUT2D eigenvalue weighted by atomic mass is 15.2. The molecule has 0 radical (unpaired) electrons. The molecule has 162 valence electrons. The second kappa shape index (κ2) is 7.95. The lowest BCUT2D eigenvalue weighted by Crippen LogP contribution is -2.42. The number of anilines is 3. The smallest absolute Gasteiger partial charge is 0.145 e. The number of hydrogen-bond donors (Lipinski definition) is 3. The van der Waals surface area contributed by atoms with Gasteiger partial charge < -0.3 is 20.5 Å². The Morgan fingerprint density at radius 3 is 2.75 bits per heavy atom. The molecule has 0 saturated carbocycles. The van der Waals surface area contributed by atoms with Crippen molar-refractivity contribution in [1.82, 2.24) is 20.3 Å². The molecule has 6 rings (SSSR count). The quantitative estimate of drug-likeness (QED) is 0.443. The van der Waals surface area contributed by atoms with Gasteiger partial charge in [0, 0.05) is 36.1 Å². The fraction of sp³-hybridized carbons (Fsp3) is 0.308. The Morgan fingerprint density at radius 1 is 1.00 bits per heavy atom. The van der Waals surface area contributed by atoms with Gasteiger partial charge in [0.1, 0.15) is 17.8 Å². The Bertz CT molecular complexity index is 1230. The number of fused-ring (bicyclic) bond motifs is 3. The largest absolute Gasteiger partial charge is 0.385 e. The van der Waals surface area contributed by atoms with Crippen molar-refractivity contribution >= 4 is 28.2 Å². The maximum atomic E-state index is 4.71. The second-order valence-corrected chi connectivity index (χ2v) is 8.95. The van der Waals surface area contributed by atoms with E-state index >= 15 is 0 Å². The molecule has 0 aliphatic carbocycles. The number of piperidine rings is 1. The third kappa shape index (κ3) is 3.31. The summed E-state index contributed by atoms with van der Waals surface area (Å²) >= 11 is 0. The van der Waals surface area contributed by atoms with E-state index in [-0.39, 0.29) is 5.41 Å². The van der Waals surface area contributed by atoms with Gasteiger partial charge in [-0.25, -0.2) is 9.97 Å². The van der Waals surface area contributed by atoms with Gasteiger partial charge in [-0.15, -0.1) is 0 Å². The molecule has 1 saturated heterocycles. The molecule has 4 heterocycles. The molecule has 2 aromatic heterocycles. The molecule has 2 aliphatic heterocycles. The van der Waals surface area contributed by atoms with E-state index < -0.39 is 0 Å². The second-order valence-electron chi connectivity index (χ2n) is 8.95. The molecule has 3 N–H and O–H groups in total. The summed E-state index contributed by atoms with van der Waals surface area (Å²) in [5.74, 6) is 0.998. The minimum Gasteiger partial charge on any atom is -0.385 e. The number of benzene rings is 2. The lowest BCUT2D eigenvalue weighted by molar-refractivity contribution is 0.329. The van der Waals surface area contributed by atoms with Crippen LogP contribution in [0.1, 0.15) is 24.0 Å². The van der Waals surface area contributed by atoms with Crippen LogP contribution in [0, 0.1) is 0 Å². The molecule has 1 spiro atoms. The zero-order chi connectivity index (χ0) is 21.4. The van der Waals surface area contributed by atoms with Crippen molar-refractivity contribution < 1.29 is 0 Å². The van der Waals surface area contributed by atoms with Crippen LogP contribution >= 0.6 is 0 Å². The number of nitrogens with one attached hydrogen (secondary N) is 3. The summed E-state index contributed by atoms with van der Waals surface area (Å²) < 4.78 is 0. The van der Waals surface area contributed by atoms with Gasteiger partial charge in [0.25, 0.3) is 0 Å². The van der Waals surface area contributed by atoms with Crippen molar-refractivity contribution in [3.63, 3.8) is 0 Å². The Hall–Kier alpha value is -3.38. The summed E-state index contributed by atoms with van der Waals surface area (Å²) in [6.07, 6.45) is 6.92. The van der Waals surface area contributed by atoms with E-state index in [2.05, 4.69) is 80.1 Å². The highest BCUT2D eigenvalue weighted by Crippen LogP contribution is 2.50. The molecular weight excluding hydrogens is 396 g/mol. The third-order valence-electron chi connectivity index (χ3n) is 7.05. The predicted octanol–water partition coefficient (Wildman–Crippen LogP) is 4.39. The van der Waals surface area contributed by atoms with E-state index in [1.807, 2.05) is 6.20 Å². The Balaban J connectivity index is 1.33. The number of rotatable bonds is 5. The molecule has 4 aromatic rings. The van der Waals surface area contributed by atoms with Gasteiger partial charge in [0.2, 0.25) is 0 Å². The van der Waals surface area contributed by atoms with Crippen molar-refractivity contribution in [2.75, 3.05) is 36.4 Å². The third-order valence-corrected chi connectivity index (χ3v) is 7.05. The molecule has 0 atom stereocenters. The van der Waals surface area contributed by atoms with E-state index in [4.69, 9.17) is 4.98 Å². The van der Waals surface area contributed by atoms with Gasteiger partial charge >= 0.3 is 0 Å².